The lowest BCUT2D eigenvalue weighted by Gasteiger charge is -2.16. The molecule has 8 heteroatoms. The van der Waals surface area contributed by atoms with Crippen molar-refractivity contribution in [2.75, 3.05) is 31.1 Å². The lowest BCUT2D eigenvalue weighted by molar-refractivity contribution is -0.119. The quantitative estimate of drug-likeness (QED) is 0.811. The monoisotopic (exact) mass is 349 g/mol. The average molecular weight is 349 g/mol. The van der Waals surface area contributed by atoms with Crippen LogP contribution in [0.1, 0.15) is 24.8 Å². The van der Waals surface area contributed by atoms with Crippen LogP contribution >= 0.6 is 0 Å². The summed E-state index contributed by atoms with van der Waals surface area (Å²) >= 11 is 0. The molecule has 0 bridgehead atoms. The normalized spacial score (nSPS) is 22.9. The number of anilines is 1. The summed E-state index contributed by atoms with van der Waals surface area (Å²) in [7, 11) is 0. The highest BCUT2D eigenvalue weighted by molar-refractivity contribution is 5.89. The number of halogens is 1. The van der Waals surface area contributed by atoms with Crippen LogP contribution < -0.4 is 10.2 Å². The summed E-state index contributed by atoms with van der Waals surface area (Å²) in [4.78, 5) is 36.7. The fourth-order valence-corrected chi connectivity index (χ4v) is 3.25. The van der Waals surface area contributed by atoms with E-state index in [0.717, 1.165) is 12.8 Å². The third-order valence-electron chi connectivity index (χ3n) is 4.56. The Hall–Kier alpha value is -2.64. The standard InChI is InChI=1S/C17H20FN3O4/c1-11(23)19-7-14-9-21(17(24)25-14)13-2-3-15(16(18)6-13)12-4-5-20(8-12)10-22/h2-3,6,10,12,14H,4-5,7-9H2,1H3,(H,19,23). The van der Waals surface area contributed by atoms with E-state index in [1.54, 1.807) is 17.0 Å². The fourth-order valence-electron chi connectivity index (χ4n) is 3.25. The highest BCUT2D eigenvalue weighted by Crippen LogP contribution is 2.31. The molecule has 2 atom stereocenters. The number of carbonyl (C=O) groups is 3. The van der Waals surface area contributed by atoms with Crippen LogP contribution in [0.4, 0.5) is 14.9 Å². The summed E-state index contributed by atoms with van der Waals surface area (Å²) in [6, 6.07) is 4.67. The number of rotatable bonds is 5. The van der Waals surface area contributed by atoms with E-state index < -0.39 is 18.0 Å². The Morgan fingerprint density at radius 1 is 1.44 bits per heavy atom. The van der Waals surface area contributed by atoms with Gasteiger partial charge in [-0.2, -0.15) is 0 Å². The SMILES string of the molecule is CC(=O)NCC1CN(c2ccc(C3CCN(C=O)C3)c(F)c2)C(=O)O1. The predicted molar refractivity (Wildman–Crippen MR) is 87.7 cm³/mol. The molecule has 2 aliphatic heterocycles. The van der Waals surface area contributed by atoms with Crippen LogP contribution in [0.25, 0.3) is 0 Å². The number of ether oxygens (including phenoxy) is 1. The zero-order valence-electron chi connectivity index (χ0n) is 13.9. The summed E-state index contributed by atoms with van der Waals surface area (Å²) in [6.45, 7) is 2.99. The van der Waals surface area contributed by atoms with Gasteiger partial charge in [-0.15, -0.1) is 0 Å². The highest BCUT2D eigenvalue weighted by Gasteiger charge is 2.33. The van der Waals surface area contributed by atoms with Crippen molar-refractivity contribution in [1.29, 1.82) is 0 Å². The van der Waals surface area contributed by atoms with E-state index in [0.29, 0.717) is 24.3 Å². The minimum atomic E-state index is -0.560. The Kier molecular flexibility index (Phi) is 4.87. The van der Waals surface area contributed by atoms with E-state index in [2.05, 4.69) is 5.32 Å². The van der Waals surface area contributed by atoms with Crippen molar-refractivity contribution in [3.63, 3.8) is 0 Å². The van der Waals surface area contributed by atoms with Gasteiger partial charge in [-0.1, -0.05) is 6.07 Å². The highest BCUT2D eigenvalue weighted by atomic mass is 19.1. The molecule has 0 aliphatic carbocycles. The van der Waals surface area contributed by atoms with Crippen molar-refractivity contribution in [3.05, 3.63) is 29.6 Å². The van der Waals surface area contributed by atoms with Gasteiger partial charge in [0, 0.05) is 25.9 Å². The van der Waals surface area contributed by atoms with Crippen LogP contribution in [-0.2, 0) is 14.3 Å². The van der Waals surface area contributed by atoms with Crippen LogP contribution in [-0.4, -0.2) is 55.6 Å². The average Bonchev–Trinajstić information content (AvgIpc) is 3.19. The Balaban J connectivity index is 1.69. The molecule has 0 aromatic heterocycles. The predicted octanol–water partition coefficient (Wildman–Crippen LogP) is 1.23. The fraction of sp³-hybridized carbons (Fsp3) is 0.471. The zero-order chi connectivity index (χ0) is 18.0. The molecular formula is C17H20FN3O4. The maximum Gasteiger partial charge on any atom is 0.414 e. The van der Waals surface area contributed by atoms with Crippen LogP contribution in [0, 0.1) is 5.82 Å². The first-order valence-electron chi connectivity index (χ1n) is 8.19. The number of hydrogen-bond acceptors (Lipinski definition) is 4. The largest absolute Gasteiger partial charge is 0.442 e. The molecule has 3 amide bonds. The van der Waals surface area contributed by atoms with Gasteiger partial charge in [0.25, 0.3) is 0 Å². The summed E-state index contributed by atoms with van der Waals surface area (Å²) in [5.74, 6) is -0.628. The molecule has 1 aromatic carbocycles. The van der Waals surface area contributed by atoms with Gasteiger partial charge in [-0.3, -0.25) is 14.5 Å². The first kappa shape index (κ1) is 17.2. The number of nitrogens with zero attached hydrogens (tertiary/aromatic N) is 2. The lowest BCUT2D eigenvalue weighted by Crippen LogP contribution is -2.33. The van der Waals surface area contributed by atoms with E-state index in [-0.39, 0.29) is 24.9 Å². The Labute approximate surface area is 144 Å². The topological polar surface area (TPSA) is 79.0 Å². The van der Waals surface area contributed by atoms with Crippen molar-refractivity contribution < 1.29 is 23.5 Å². The van der Waals surface area contributed by atoms with Crippen LogP contribution in [0.3, 0.4) is 0 Å². The second-order valence-corrected chi connectivity index (χ2v) is 6.35. The number of likely N-dealkylation sites (tertiary alicyclic amines) is 1. The van der Waals surface area contributed by atoms with Gasteiger partial charge in [0.15, 0.2) is 0 Å². The van der Waals surface area contributed by atoms with Crippen LogP contribution in [0.2, 0.25) is 0 Å². The molecule has 1 N–H and O–H groups in total. The molecule has 2 aliphatic rings. The summed E-state index contributed by atoms with van der Waals surface area (Å²) < 4.78 is 19.7. The van der Waals surface area contributed by atoms with E-state index in [4.69, 9.17) is 4.74 Å². The minimum absolute atomic E-state index is 0.0303. The number of nitrogens with one attached hydrogen (secondary N) is 1. The Morgan fingerprint density at radius 2 is 2.24 bits per heavy atom. The van der Waals surface area contributed by atoms with Crippen molar-refractivity contribution in [2.24, 2.45) is 0 Å². The molecule has 1 aromatic rings. The summed E-state index contributed by atoms with van der Waals surface area (Å²) in [5.41, 5.74) is 0.970. The van der Waals surface area contributed by atoms with E-state index in [1.165, 1.54) is 17.9 Å². The summed E-state index contributed by atoms with van der Waals surface area (Å²) in [6.07, 6.45) is 0.479. The van der Waals surface area contributed by atoms with Gasteiger partial charge in [0.2, 0.25) is 12.3 Å². The van der Waals surface area contributed by atoms with Crippen LogP contribution in [0.15, 0.2) is 18.2 Å². The molecule has 0 saturated carbocycles. The van der Waals surface area contributed by atoms with Gasteiger partial charge in [-0.25, -0.2) is 9.18 Å². The van der Waals surface area contributed by atoms with Crippen molar-refractivity contribution in [3.8, 4) is 0 Å². The number of carbonyl (C=O) groups excluding carboxylic acids is 3. The van der Waals surface area contributed by atoms with Gasteiger partial charge < -0.3 is 15.0 Å². The molecule has 0 radical (unpaired) electrons. The maximum absolute atomic E-state index is 14.5. The third-order valence-corrected chi connectivity index (χ3v) is 4.56. The molecule has 2 saturated heterocycles. The number of benzene rings is 1. The van der Waals surface area contributed by atoms with Crippen LogP contribution in [0.5, 0.6) is 0 Å². The Morgan fingerprint density at radius 3 is 2.88 bits per heavy atom. The first-order valence-corrected chi connectivity index (χ1v) is 8.19. The third kappa shape index (κ3) is 3.72. The van der Waals surface area contributed by atoms with Crippen molar-refractivity contribution in [2.45, 2.75) is 25.4 Å². The smallest absolute Gasteiger partial charge is 0.414 e. The van der Waals surface area contributed by atoms with E-state index >= 15 is 0 Å². The molecule has 0 spiro atoms. The maximum atomic E-state index is 14.5. The molecule has 134 valence electrons. The van der Waals surface area contributed by atoms with Gasteiger partial charge in [0.05, 0.1) is 18.8 Å². The number of amides is 3. The number of hydrogen-bond donors (Lipinski definition) is 1. The van der Waals surface area contributed by atoms with Crippen molar-refractivity contribution in [1.82, 2.24) is 10.2 Å². The molecule has 2 fully saturated rings. The van der Waals surface area contributed by atoms with E-state index in [9.17, 15) is 18.8 Å². The molecule has 25 heavy (non-hydrogen) atoms. The summed E-state index contributed by atoms with van der Waals surface area (Å²) in [5, 5.41) is 2.60. The van der Waals surface area contributed by atoms with E-state index in [1.807, 2.05) is 0 Å². The van der Waals surface area contributed by atoms with Gasteiger partial charge in [-0.05, 0) is 24.1 Å². The van der Waals surface area contributed by atoms with Gasteiger partial charge in [0.1, 0.15) is 11.9 Å². The van der Waals surface area contributed by atoms with Crippen molar-refractivity contribution >= 4 is 24.1 Å². The van der Waals surface area contributed by atoms with Gasteiger partial charge >= 0.3 is 6.09 Å². The second-order valence-electron chi connectivity index (χ2n) is 6.35. The molecule has 7 nitrogen and oxygen atoms in total. The minimum Gasteiger partial charge on any atom is -0.442 e. The molecule has 2 heterocycles. The lowest BCUT2D eigenvalue weighted by atomic mass is 9.97. The molecular weight excluding hydrogens is 329 g/mol. The molecule has 2 unspecified atom stereocenters. The zero-order valence-corrected chi connectivity index (χ0v) is 13.9. The second kappa shape index (κ2) is 7.08. The molecule has 3 rings (SSSR count). The first-order chi connectivity index (χ1) is 12.0. The Bertz CT molecular complexity index is 696. The number of cyclic esters (lactones) is 1.